The second kappa shape index (κ2) is 7.84. The van der Waals surface area contributed by atoms with Gasteiger partial charge in [0.2, 0.25) is 5.91 Å². The van der Waals surface area contributed by atoms with Gasteiger partial charge in [-0.3, -0.25) is 4.79 Å². The molecule has 7 heteroatoms. The monoisotopic (exact) mass is 278 g/mol. The summed E-state index contributed by atoms with van der Waals surface area (Å²) in [6, 6.07) is -1.03. The Labute approximate surface area is 109 Å². The summed E-state index contributed by atoms with van der Waals surface area (Å²) >= 11 is 3.29. The lowest BCUT2D eigenvalue weighted by Gasteiger charge is -2.24. The number of hydrogen-bond donors (Lipinski definition) is 3. The van der Waals surface area contributed by atoms with Crippen molar-refractivity contribution in [1.82, 2.24) is 10.6 Å². The van der Waals surface area contributed by atoms with E-state index < -0.39 is 12.0 Å². The van der Waals surface area contributed by atoms with Crippen LogP contribution in [0.15, 0.2) is 0 Å². The number of hydrogen-bond acceptors (Lipinski definition) is 5. The van der Waals surface area contributed by atoms with Crippen molar-refractivity contribution >= 4 is 35.4 Å². The fourth-order valence-corrected chi connectivity index (χ4v) is 2.90. The fraction of sp³-hybridized carbons (Fsp3) is 0.800. The zero-order chi connectivity index (χ0) is 12.7. The Kier molecular flexibility index (Phi) is 6.76. The Morgan fingerprint density at radius 3 is 2.94 bits per heavy atom. The standard InChI is InChI=1S/C10H18N2O3S2/c1-16-4-2-7(10(14)15)12-9(13)8-6-17-5-3-11-8/h7-8,11H,2-6H2,1H3,(H,12,13)(H,14,15)/t7-,8?/m1/s1. The van der Waals surface area contributed by atoms with Gasteiger partial charge in [-0.05, 0) is 18.4 Å². The van der Waals surface area contributed by atoms with Crippen molar-refractivity contribution in [2.24, 2.45) is 0 Å². The average molecular weight is 278 g/mol. The van der Waals surface area contributed by atoms with Crippen LogP contribution in [0.5, 0.6) is 0 Å². The van der Waals surface area contributed by atoms with E-state index in [1.54, 1.807) is 23.5 Å². The highest BCUT2D eigenvalue weighted by Gasteiger charge is 2.25. The predicted octanol–water partition coefficient (Wildman–Crippen LogP) is 0.0139. The van der Waals surface area contributed by atoms with Gasteiger partial charge in [0.1, 0.15) is 6.04 Å². The Balaban J connectivity index is 2.42. The third-order valence-electron chi connectivity index (χ3n) is 2.46. The predicted molar refractivity (Wildman–Crippen MR) is 71.7 cm³/mol. The van der Waals surface area contributed by atoms with Crippen molar-refractivity contribution in [3.63, 3.8) is 0 Å². The summed E-state index contributed by atoms with van der Waals surface area (Å²) in [4.78, 5) is 22.8. The maximum atomic E-state index is 11.8. The van der Waals surface area contributed by atoms with Crippen LogP contribution in [0.3, 0.4) is 0 Å². The van der Waals surface area contributed by atoms with Crippen LogP contribution in [0.1, 0.15) is 6.42 Å². The van der Waals surface area contributed by atoms with E-state index in [2.05, 4.69) is 10.6 Å². The zero-order valence-electron chi connectivity index (χ0n) is 9.77. The maximum absolute atomic E-state index is 11.8. The summed E-state index contributed by atoms with van der Waals surface area (Å²) in [5.74, 6) is 1.27. The summed E-state index contributed by atoms with van der Waals surface area (Å²) in [6.07, 6.45) is 2.38. The van der Waals surface area contributed by atoms with Crippen molar-refractivity contribution in [3.05, 3.63) is 0 Å². The molecule has 1 fully saturated rings. The fourth-order valence-electron chi connectivity index (χ4n) is 1.50. The van der Waals surface area contributed by atoms with E-state index in [1.807, 2.05) is 6.26 Å². The molecule has 1 saturated heterocycles. The molecule has 0 aromatic carbocycles. The highest BCUT2D eigenvalue weighted by molar-refractivity contribution is 7.99. The lowest BCUT2D eigenvalue weighted by molar-refractivity contribution is -0.142. The van der Waals surface area contributed by atoms with Gasteiger partial charge in [0, 0.05) is 18.1 Å². The summed E-state index contributed by atoms with van der Waals surface area (Å²) in [7, 11) is 0. The molecule has 0 spiro atoms. The molecule has 1 heterocycles. The van der Waals surface area contributed by atoms with Gasteiger partial charge in [-0.1, -0.05) is 0 Å². The minimum absolute atomic E-state index is 0.203. The summed E-state index contributed by atoms with van der Waals surface area (Å²) in [5.41, 5.74) is 0. The highest BCUT2D eigenvalue weighted by Crippen LogP contribution is 2.08. The molecule has 0 aromatic rings. The van der Waals surface area contributed by atoms with Crippen LogP contribution in [0.4, 0.5) is 0 Å². The Morgan fingerprint density at radius 2 is 2.41 bits per heavy atom. The number of amides is 1. The zero-order valence-corrected chi connectivity index (χ0v) is 11.4. The van der Waals surface area contributed by atoms with Crippen LogP contribution in [0, 0.1) is 0 Å². The van der Waals surface area contributed by atoms with Crippen molar-refractivity contribution in [2.45, 2.75) is 18.5 Å². The number of aliphatic carboxylic acids is 1. The minimum Gasteiger partial charge on any atom is -0.480 e. The van der Waals surface area contributed by atoms with Gasteiger partial charge in [0.05, 0.1) is 6.04 Å². The van der Waals surface area contributed by atoms with Gasteiger partial charge < -0.3 is 15.7 Å². The van der Waals surface area contributed by atoms with Gasteiger partial charge in [-0.15, -0.1) is 0 Å². The number of nitrogens with one attached hydrogen (secondary N) is 2. The van der Waals surface area contributed by atoms with Crippen molar-refractivity contribution in [3.8, 4) is 0 Å². The molecule has 17 heavy (non-hydrogen) atoms. The smallest absolute Gasteiger partial charge is 0.326 e. The van der Waals surface area contributed by atoms with Crippen LogP contribution < -0.4 is 10.6 Å². The highest BCUT2D eigenvalue weighted by atomic mass is 32.2. The quantitative estimate of drug-likeness (QED) is 0.635. The third kappa shape index (κ3) is 5.18. The van der Waals surface area contributed by atoms with Gasteiger partial charge in [-0.25, -0.2) is 4.79 Å². The number of carbonyl (C=O) groups excluding carboxylic acids is 1. The molecule has 1 aliphatic heterocycles. The molecule has 1 rings (SSSR count). The lowest BCUT2D eigenvalue weighted by atomic mass is 10.2. The van der Waals surface area contributed by atoms with Crippen LogP contribution in [0.2, 0.25) is 0 Å². The molecule has 98 valence electrons. The SMILES string of the molecule is CSCC[C@@H](NC(=O)C1CSCCN1)C(=O)O. The van der Waals surface area contributed by atoms with Gasteiger partial charge in [-0.2, -0.15) is 23.5 Å². The second-order valence-electron chi connectivity index (χ2n) is 3.76. The Bertz CT molecular complexity index is 270. The molecule has 0 saturated carbocycles. The van der Waals surface area contributed by atoms with E-state index in [-0.39, 0.29) is 11.9 Å². The Morgan fingerprint density at radius 1 is 1.65 bits per heavy atom. The van der Waals surface area contributed by atoms with E-state index in [0.717, 1.165) is 18.1 Å². The molecule has 1 amide bonds. The van der Waals surface area contributed by atoms with E-state index in [1.165, 1.54) is 0 Å². The molecule has 1 aliphatic rings. The first kappa shape index (κ1) is 14.7. The van der Waals surface area contributed by atoms with Gasteiger partial charge in [0.25, 0.3) is 0 Å². The molecule has 3 N–H and O–H groups in total. The minimum atomic E-state index is -0.962. The first-order valence-electron chi connectivity index (χ1n) is 5.48. The second-order valence-corrected chi connectivity index (χ2v) is 5.90. The number of carboxylic acid groups (broad SMARTS) is 1. The first-order valence-corrected chi connectivity index (χ1v) is 8.03. The number of carbonyl (C=O) groups is 2. The lowest BCUT2D eigenvalue weighted by Crippen LogP contribution is -2.53. The normalized spacial score (nSPS) is 21.8. The van der Waals surface area contributed by atoms with Crippen molar-refractivity contribution in [1.29, 1.82) is 0 Å². The summed E-state index contributed by atoms with van der Waals surface area (Å²) in [5, 5.41) is 14.7. The van der Waals surface area contributed by atoms with Crippen LogP contribution >= 0.6 is 23.5 Å². The van der Waals surface area contributed by atoms with Crippen molar-refractivity contribution in [2.75, 3.05) is 30.1 Å². The average Bonchev–Trinajstić information content (AvgIpc) is 2.35. The number of rotatable bonds is 6. The van der Waals surface area contributed by atoms with Gasteiger partial charge >= 0.3 is 5.97 Å². The summed E-state index contributed by atoms with van der Waals surface area (Å²) < 4.78 is 0. The maximum Gasteiger partial charge on any atom is 0.326 e. The molecular weight excluding hydrogens is 260 g/mol. The number of thioether (sulfide) groups is 2. The largest absolute Gasteiger partial charge is 0.480 e. The molecule has 2 atom stereocenters. The molecule has 0 radical (unpaired) electrons. The molecule has 5 nitrogen and oxygen atoms in total. The summed E-state index contributed by atoms with van der Waals surface area (Å²) in [6.45, 7) is 0.797. The van der Waals surface area contributed by atoms with Gasteiger partial charge in [0.15, 0.2) is 0 Å². The molecule has 1 unspecified atom stereocenters. The molecule has 0 aliphatic carbocycles. The molecular formula is C10H18N2O3S2. The first-order chi connectivity index (χ1) is 8.15. The molecule has 0 bridgehead atoms. The van der Waals surface area contributed by atoms with Crippen molar-refractivity contribution < 1.29 is 14.7 Å². The number of carboxylic acids is 1. The van der Waals surface area contributed by atoms with Crippen LogP contribution in [-0.4, -0.2) is 59.1 Å². The Hall–Kier alpha value is -0.400. The van der Waals surface area contributed by atoms with Crippen LogP contribution in [-0.2, 0) is 9.59 Å². The van der Waals surface area contributed by atoms with Crippen LogP contribution in [0.25, 0.3) is 0 Å². The van der Waals surface area contributed by atoms with E-state index in [4.69, 9.17) is 5.11 Å². The molecule has 0 aromatic heterocycles. The third-order valence-corrected chi connectivity index (χ3v) is 4.17. The van der Waals surface area contributed by atoms with E-state index in [0.29, 0.717) is 12.2 Å². The topological polar surface area (TPSA) is 78.4 Å². The van der Waals surface area contributed by atoms with E-state index in [9.17, 15) is 9.59 Å². The van der Waals surface area contributed by atoms with E-state index >= 15 is 0 Å².